The fourth-order valence-corrected chi connectivity index (χ4v) is 1.11. The van der Waals surface area contributed by atoms with Gasteiger partial charge in [0.2, 0.25) is 5.91 Å². The summed E-state index contributed by atoms with van der Waals surface area (Å²) in [6, 6.07) is -0.158. The zero-order valence-electron chi connectivity index (χ0n) is 7.40. The molecule has 0 saturated carbocycles. The van der Waals surface area contributed by atoms with E-state index in [2.05, 4.69) is 5.10 Å². The van der Waals surface area contributed by atoms with Crippen LogP contribution in [0.3, 0.4) is 0 Å². The Morgan fingerprint density at radius 2 is 2.31 bits per heavy atom. The summed E-state index contributed by atoms with van der Waals surface area (Å²) < 4.78 is 1.49. The Bertz CT molecular complexity index is 319. The van der Waals surface area contributed by atoms with E-state index in [4.69, 9.17) is 17.2 Å². The van der Waals surface area contributed by atoms with Gasteiger partial charge in [0.25, 0.3) is 0 Å². The highest BCUT2D eigenvalue weighted by atomic mass is 16.1. The first-order chi connectivity index (χ1) is 6.02. The maximum atomic E-state index is 10.6. The highest BCUT2D eigenvalue weighted by Crippen LogP contribution is 2.19. The number of rotatable bonds is 3. The van der Waals surface area contributed by atoms with Gasteiger partial charge in [0.05, 0.1) is 17.9 Å². The Hall–Kier alpha value is -1.72. The van der Waals surface area contributed by atoms with Crippen molar-refractivity contribution in [3.8, 4) is 0 Å². The summed E-state index contributed by atoms with van der Waals surface area (Å²) >= 11 is 0. The van der Waals surface area contributed by atoms with Gasteiger partial charge in [-0.15, -0.1) is 0 Å². The van der Waals surface area contributed by atoms with Crippen molar-refractivity contribution < 1.29 is 4.79 Å². The van der Waals surface area contributed by atoms with E-state index >= 15 is 0 Å². The number of amides is 1. The van der Waals surface area contributed by atoms with Gasteiger partial charge in [-0.05, 0) is 6.92 Å². The van der Waals surface area contributed by atoms with Crippen LogP contribution in [-0.2, 0) is 4.79 Å². The number of carbonyl (C=O) groups excluding carboxylic acids is 1. The number of primary amides is 1. The molecule has 6 N–H and O–H groups in total. The molecule has 6 nitrogen and oxygen atoms in total. The summed E-state index contributed by atoms with van der Waals surface area (Å²) in [5, 5.41) is 3.93. The third-order valence-electron chi connectivity index (χ3n) is 1.78. The Balaban J connectivity index is 2.82. The van der Waals surface area contributed by atoms with Crippen LogP contribution in [0.25, 0.3) is 0 Å². The third-order valence-corrected chi connectivity index (χ3v) is 1.78. The van der Waals surface area contributed by atoms with Crippen molar-refractivity contribution in [2.75, 3.05) is 11.5 Å². The van der Waals surface area contributed by atoms with Crippen molar-refractivity contribution in [1.82, 2.24) is 9.78 Å². The monoisotopic (exact) mass is 183 g/mol. The minimum Gasteiger partial charge on any atom is -0.394 e. The number of carbonyl (C=O) groups is 1. The SMILES string of the molecule is CC(CC(N)=O)n1ncc(N)c1N. The molecule has 0 radical (unpaired) electrons. The predicted octanol–water partition coefficient (Wildman–Crippen LogP) is -0.516. The fraction of sp³-hybridized carbons (Fsp3) is 0.429. The molecule has 72 valence electrons. The van der Waals surface area contributed by atoms with E-state index in [0.29, 0.717) is 11.5 Å². The predicted molar refractivity (Wildman–Crippen MR) is 49.6 cm³/mol. The molecular weight excluding hydrogens is 170 g/mol. The van der Waals surface area contributed by atoms with Gasteiger partial charge in [0, 0.05) is 6.42 Å². The summed E-state index contributed by atoms with van der Waals surface area (Å²) in [6.45, 7) is 1.80. The molecule has 1 aromatic heterocycles. The Morgan fingerprint density at radius 3 is 2.69 bits per heavy atom. The summed E-state index contributed by atoms with van der Waals surface area (Å²) in [7, 11) is 0. The number of aromatic nitrogens is 2. The quantitative estimate of drug-likeness (QED) is 0.585. The Labute approximate surface area is 75.7 Å². The normalized spacial score (nSPS) is 12.7. The summed E-state index contributed by atoms with van der Waals surface area (Å²) in [6.07, 6.45) is 1.65. The average molecular weight is 183 g/mol. The molecule has 0 fully saturated rings. The van der Waals surface area contributed by atoms with Crippen LogP contribution in [0.1, 0.15) is 19.4 Å². The maximum Gasteiger partial charge on any atom is 0.219 e. The van der Waals surface area contributed by atoms with Crippen molar-refractivity contribution >= 4 is 17.4 Å². The first-order valence-electron chi connectivity index (χ1n) is 3.89. The highest BCUT2D eigenvalue weighted by Gasteiger charge is 2.12. The van der Waals surface area contributed by atoms with Crippen LogP contribution in [0.15, 0.2) is 6.20 Å². The second-order valence-corrected chi connectivity index (χ2v) is 2.95. The lowest BCUT2D eigenvalue weighted by Crippen LogP contribution is -2.19. The molecule has 0 aliphatic carbocycles. The van der Waals surface area contributed by atoms with Gasteiger partial charge in [-0.3, -0.25) is 4.79 Å². The van der Waals surface area contributed by atoms with Gasteiger partial charge in [0.1, 0.15) is 5.82 Å². The van der Waals surface area contributed by atoms with Crippen molar-refractivity contribution in [3.05, 3.63) is 6.20 Å². The lowest BCUT2D eigenvalue weighted by atomic mass is 10.2. The molecule has 1 aromatic rings. The summed E-state index contributed by atoms with van der Waals surface area (Å²) in [4.78, 5) is 10.6. The molecule has 1 unspecified atom stereocenters. The molecule has 1 heterocycles. The molecule has 13 heavy (non-hydrogen) atoms. The minimum atomic E-state index is -0.388. The third kappa shape index (κ3) is 1.90. The van der Waals surface area contributed by atoms with E-state index in [9.17, 15) is 4.79 Å². The molecule has 0 bridgehead atoms. The average Bonchev–Trinajstić information content (AvgIpc) is 2.31. The van der Waals surface area contributed by atoms with Crippen LogP contribution < -0.4 is 17.2 Å². The van der Waals surface area contributed by atoms with E-state index in [1.54, 1.807) is 6.92 Å². The second-order valence-electron chi connectivity index (χ2n) is 2.95. The van der Waals surface area contributed by atoms with Crippen LogP contribution >= 0.6 is 0 Å². The van der Waals surface area contributed by atoms with E-state index in [0.717, 1.165) is 0 Å². The zero-order chi connectivity index (χ0) is 10.0. The van der Waals surface area contributed by atoms with E-state index < -0.39 is 0 Å². The number of hydrogen-bond donors (Lipinski definition) is 3. The number of nitrogen functional groups attached to an aromatic ring is 2. The lowest BCUT2D eigenvalue weighted by molar-refractivity contribution is -0.118. The number of nitrogens with two attached hydrogens (primary N) is 3. The molecule has 0 aliphatic heterocycles. The summed E-state index contributed by atoms with van der Waals surface area (Å²) in [5.74, 6) is -0.0188. The van der Waals surface area contributed by atoms with E-state index in [-0.39, 0.29) is 18.4 Å². The van der Waals surface area contributed by atoms with Crippen LogP contribution in [0.2, 0.25) is 0 Å². The molecule has 1 amide bonds. The molecule has 0 aromatic carbocycles. The second kappa shape index (κ2) is 3.34. The van der Waals surface area contributed by atoms with Crippen LogP contribution in [0.5, 0.6) is 0 Å². The molecule has 1 rings (SSSR count). The number of hydrogen-bond acceptors (Lipinski definition) is 4. The van der Waals surface area contributed by atoms with Gasteiger partial charge < -0.3 is 17.2 Å². The highest BCUT2D eigenvalue weighted by molar-refractivity contribution is 5.74. The van der Waals surface area contributed by atoms with Gasteiger partial charge in [-0.2, -0.15) is 5.10 Å². The van der Waals surface area contributed by atoms with Gasteiger partial charge >= 0.3 is 0 Å². The Kier molecular flexibility index (Phi) is 2.41. The van der Waals surface area contributed by atoms with E-state index in [1.807, 2.05) is 0 Å². The van der Waals surface area contributed by atoms with Gasteiger partial charge in [-0.1, -0.05) is 0 Å². The molecule has 1 atom stereocenters. The van der Waals surface area contributed by atoms with Crippen molar-refractivity contribution in [1.29, 1.82) is 0 Å². The largest absolute Gasteiger partial charge is 0.394 e. The standard InChI is InChI=1S/C7H13N5O/c1-4(2-6(9)13)12-7(10)5(8)3-11-12/h3-4H,2,8,10H2,1H3,(H2,9,13). The maximum absolute atomic E-state index is 10.6. The van der Waals surface area contributed by atoms with Crippen molar-refractivity contribution in [2.45, 2.75) is 19.4 Å². The van der Waals surface area contributed by atoms with Gasteiger partial charge in [0.15, 0.2) is 0 Å². The first kappa shape index (κ1) is 9.37. The smallest absolute Gasteiger partial charge is 0.219 e. The van der Waals surface area contributed by atoms with Crippen molar-refractivity contribution in [3.63, 3.8) is 0 Å². The molecule has 0 saturated heterocycles. The van der Waals surface area contributed by atoms with Gasteiger partial charge in [-0.25, -0.2) is 4.68 Å². The van der Waals surface area contributed by atoms with Crippen LogP contribution in [0.4, 0.5) is 11.5 Å². The molecule has 0 aliphatic rings. The van der Waals surface area contributed by atoms with Crippen molar-refractivity contribution in [2.24, 2.45) is 5.73 Å². The van der Waals surface area contributed by atoms with Crippen LogP contribution in [-0.4, -0.2) is 15.7 Å². The molecule has 0 spiro atoms. The zero-order valence-corrected chi connectivity index (χ0v) is 7.40. The minimum absolute atomic E-state index is 0.158. The number of nitrogens with zero attached hydrogens (tertiary/aromatic N) is 2. The molecule has 6 heteroatoms. The lowest BCUT2D eigenvalue weighted by Gasteiger charge is -2.11. The first-order valence-corrected chi connectivity index (χ1v) is 3.89. The topological polar surface area (TPSA) is 113 Å². The molecular formula is C7H13N5O. The summed E-state index contributed by atoms with van der Waals surface area (Å²) in [5.41, 5.74) is 16.5. The van der Waals surface area contributed by atoms with Crippen LogP contribution in [0, 0.1) is 0 Å². The number of anilines is 2. The fourth-order valence-electron chi connectivity index (χ4n) is 1.11. The Morgan fingerprint density at radius 1 is 1.69 bits per heavy atom. The van der Waals surface area contributed by atoms with E-state index in [1.165, 1.54) is 10.9 Å².